The number of fused-ring (bicyclic) bond motifs is 1. The quantitative estimate of drug-likeness (QED) is 0.250. The second-order valence-corrected chi connectivity index (χ2v) is 10.2. The molecule has 0 bridgehead atoms. The van der Waals surface area contributed by atoms with Gasteiger partial charge in [0, 0.05) is 23.4 Å². The lowest BCUT2D eigenvalue weighted by molar-refractivity contribution is -0.113. The third kappa shape index (κ3) is 4.96. The normalized spacial score (nSPS) is 13.6. The molecule has 1 aromatic heterocycles. The van der Waals surface area contributed by atoms with Crippen LogP contribution in [0.2, 0.25) is 0 Å². The number of hydrogen-bond acceptors (Lipinski definition) is 6. The number of nitrogens with one attached hydrogen (secondary N) is 2. The summed E-state index contributed by atoms with van der Waals surface area (Å²) < 4.78 is 6.94. The maximum atomic E-state index is 13.0. The number of alkyl halides is 1. The second-order valence-electron chi connectivity index (χ2n) is 8.64. The van der Waals surface area contributed by atoms with Crippen molar-refractivity contribution < 1.29 is 14.3 Å². The molecule has 1 saturated carbocycles. The van der Waals surface area contributed by atoms with Crippen LogP contribution in [0.4, 0.5) is 10.8 Å². The number of aromatic nitrogens is 1. The molecule has 36 heavy (non-hydrogen) atoms. The first-order chi connectivity index (χ1) is 17.4. The summed E-state index contributed by atoms with van der Waals surface area (Å²) in [6, 6.07) is 20.7. The van der Waals surface area contributed by atoms with Gasteiger partial charge in [0.25, 0.3) is 5.91 Å². The number of benzene rings is 3. The Morgan fingerprint density at radius 2 is 1.89 bits per heavy atom. The molecule has 0 spiro atoms. The zero-order chi connectivity index (χ0) is 25.3. The average Bonchev–Trinajstić information content (AvgIpc) is 3.59. The molecule has 0 saturated heterocycles. The molecule has 0 aliphatic heterocycles. The summed E-state index contributed by atoms with van der Waals surface area (Å²) in [5.41, 5.74) is 3.26. The van der Waals surface area contributed by atoms with Crippen LogP contribution in [0.3, 0.4) is 0 Å². The number of nitrogens with zero attached hydrogens (tertiary/aromatic N) is 2. The summed E-state index contributed by atoms with van der Waals surface area (Å²) in [5.74, 6) is 0.783. The number of halogens is 1. The fourth-order valence-electron chi connectivity index (χ4n) is 3.85. The van der Waals surface area contributed by atoms with Crippen LogP contribution in [0.15, 0.2) is 60.7 Å². The second kappa shape index (κ2) is 9.72. The van der Waals surface area contributed by atoms with Crippen LogP contribution in [0, 0.1) is 18.3 Å². The Hall–Kier alpha value is -3.74. The van der Waals surface area contributed by atoms with E-state index in [1.165, 1.54) is 11.3 Å². The first kappa shape index (κ1) is 24.0. The standard InChI is InChI=1S/C27H21BrN4O3S/c1-16-5-6-19(35-20-7-8-21-23(13-20)36-26(31-21)32-24(33)14-28)12-22(16)30-25(34)17-3-2-4-18(11-17)27(15-29)9-10-27/h2-8,11-13H,9-10,14H2,1H3,(H,30,34)(H,31,32,33). The minimum Gasteiger partial charge on any atom is -0.457 e. The van der Waals surface area contributed by atoms with Crippen LogP contribution in [-0.2, 0) is 10.2 Å². The van der Waals surface area contributed by atoms with Gasteiger partial charge in [0.2, 0.25) is 5.91 Å². The van der Waals surface area contributed by atoms with Gasteiger partial charge in [0.15, 0.2) is 5.13 Å². The van der Waals surface area contributed by atoms with Gasteiger partial charge in [-0.1, -0.05) is 45.5 Å². The van der Waals surface area contributed by atoms with Gasteiger partial charge < -0.3 is 15.4 Å². The summed E-state index contributed by atoms with van der Waals surface area (Å²) in [7, 11) is 0. The number of rotatable bonds is 7. The van der Waals surface area contributed by atoms with E-state index in [-0.39, 0.29) is 17.1 Å². The van der Waals surface area contributed by atoms with E-state index in [1.807, 2.05) is 49.4 Å². The highest BCUT2D eigenvalue weighted by Gasteiger charge is 2.45. The van der Waals surface area contributed by atoms with Gasteiger partial charge in [-0.25, -0.2) is 4.98 Å². The molecule has 0 radical (unpaired) electrons. The Balaban J connectivity index is 1.32. The number of carbonyl (C=O) groups is 2. The predicted molar refractivity (Wildman–Crippen MR) is 144 cm³/mol. The molecule has 2 amide bonds. The fraction of sp³-hybridized carbons (Fsp3) is 0.185. The topological polar surface area (TPSA) is 104 Å². The van der Waals surface area contributed by atoms with Gasteiger partial charge in [-0.2, -0.15) is 5.26 Å². The van der Waals surface area contributed by atoms with Crippen molar-refractivity contribution in [3.05, 3.63) is 77.4 Å². The van der Waals surface area contributed by atoms with Crippen molar-refractivity contribution in [3.8, 4) is 17.6 Å². The number of thiazole rings is 1. The van der Waals surface area contributed by atoms with Gasteiger partial charge in [0.1, 0.15) is 11.5 Å². The number of aryl methyl sites for hydroxylation is 1. The summed E-state index contributed by atoms with van der Waals surface area (Å²) in [5, 5.41) is 15.9. The Bertz CT molecular complexity index is 1540. The highest BCUT2D eigenvalue weighted by molar-refractivity contribution is 9.09. The van der Waals surface area contributed by atoms with E-state index >= 15 is 0 Å². The lowest BCUT2D eigenvalue weighted by Gasteiger charge is -2.13. The molecule has 1 aliphatic rings. The number of ether oxygens (including phenoxy) is 1. The smallest absolute Gasteiger partial charge is 0.255 e. The Morgan fingerprint density at radius 3 is 2.64 bits per heavy atom. The molecule has 9 heteroatoms. The van der Waals surface area contributed by atoms with E-state index in [9.17, 15) is 14.9 Å². The van der Waals surface area contributed by atoms with Gasteiger partial charge in [0.05, 0.1) is 27.0 Å². The van der Waals surface area contributed by atoms with Crippen LogP contribution in [-0.4, -0.2) is 22.1 Å². The molecule has 4 aromatic rings. The van der Waals surface area contributed by atoms with E-state index in [2.05, 4.69) is 37.6 Å². The minimum absolute atomic E-state index is 0.163. The van der Waals surface area contributed by atoms with Crippen LogP contribution in [0.1, 0.15) is 34.3 Å². The molecule has 180 valence electrons. The lowest BCUT2D eigenvalue weighted by Crippen LogP contribution is -2.14. The lowest BCUT2D eigenvalue weighted by atomic mass is 9.96. The van der Waals surface area contributed by atoms with Crippen molar-refractivity contribution in [2.75, 3.05) is 16.0 Å². The van der Waals surface area contributed by atoms with E-state index in [1.54, 1.807) is 18.2 Å². The van der Waals surface area contributed by atoms with E-state index in [0.717, 1.165) is 34.2 Å². The highest BCUT2D eigenvalue weighted by Crippen LogP contribution is 2.47. The van der Waals surface area contributed by atoms with Crippen molar-refractivity contribution in [2.45, 2.75) is 25.2 Å². The highest BCUT2D eigenvalue weighted by atomic mass is 79.9. The number of nitriles is 1. The third-order valence-electron chi connectivity index (χ3n) is 6.06. The first-order valence-corrected chi connectivity index (χ1v) is 13.2. The molecule has 1 heterocycles. The molecule has 1 aliphatic carbocycles. The van der Waals surface area contributed by atoms with Crippen molar-refractivity contribution in [1.82, 2.24) is 4.98 Å². The molecule has 0 atom stereocenters. The van der Waals surface area contributed by atoms with Gasteiger partial charge in [-0.15, -0.1) is 0 Å². The van der Waals surface area contributed by atoms with Gasteiger partial charge >= 0.3 is 0 Å². The Morgan fingerprint density at radius 1 is 1.11 bits per heavy atom. The zero-order valence-corrected chi connectivity index (χ0v) is 21.7. The number of anilines is 2. The van der Waals surface area contributed by atoms with Crippen molar-refractivity contribution in [1.29, 1.82) is 5.26 Å². The minimum atomic E-state index is -0.445. The maximum absolute atomic E-state index is 13.0. The van der Waals surface area contributed by atoms with Crippen molar-refractivity contribution in [3.63, 3.8) is 0 Å². The Kier molecular flexibility index (Phi) is 6.48. The molecule has 3 aromatic carbocycles. The molecule has 0 unspecified atom stereocenters. The number of amides is 2. The average molecular weight is 561 g/mol. The molecule has 2 N–H and O–H groups in total. The molecular formula is C27H21BrN4O3S. The SMILES string of the molecule is Cc1ccc(Oc2ccc3nc(NC(=O)CBr)sc3c2)cc1NC(=O)c1cccc(C2(C#N)CC2)c1. The number of hydrogen-bond donors (Lipinski definition) is 2. The van der Waals surface area contributed by atoms with Gasteiger partial charge in [-0.3, -0.25) is 9.59 Å². The predicted octanol–water partition coefficient (Wildman–Crippen LogP) is 6.54. The monoisotopic (exact) mass is 560 g/mol. The van der Waals surface area contributed by atoms with Crippen molar-refractivity contribution >= 4 is 60.1 Å². The van der Waals surface area contributed by atoms with Gasteiger partial charge in [-0.05, 0) is 61.2 Å². The van der Waals surface area contributed by atoms with E-state index in [4.69, 9.17) is 4.74 Å². The van der Waals surface area contributed by atoms with E-state index < -0.39 is 5.41 Å². The van der Waals surface area contributed by atoms with Crippen molar-refractivity contribution in [2.24, 2.45) is 0 Å². The largest absolute Gasteiger partial charge is 0.457 e. The molecule has 5 rings (SSSR count). The van der Waals surface area contributed by atoms with Crippen LogP contribution in [0.25, 0.3) is 10.2 Å². The summed E-state index contributed by atoms with van der Waals surface area (Å²) in [6.07, 6.45) is 1.65. The molecule has 7 nitrogen and oxygen atoms in total. The van der Waals surface area contributed by atoms with Crippen LogP contribution in [0.5, 0.6) is 11.5 Å². The zero-order valence-electron chi connectivity index (χ0n) is 19.3. The van der Waals surface area contributed by atoms with E-state index in [0.29, 0.717) is 27.9 Å². The summed E-state index contributed by atoms with van der Waals surface area (Å²) in [4.78, 5) is 29.0. The summed E-state index contributed by atoms with van der Waals surface area (Å²) >= 11 is 4.49. The Labute approximate surface area is 220 Å². The number of carbonyl (C=O) groups excluding carboxylic acids is 2. The van der Waals surface area contributed by atoms with Crippen LogP contribution < -0.4 is 15.4 Å². The maximum Gasteiger partial charge on any atom is 0.255 e. The van der Waals surface area contributed by atoms with Crippen LogP contribution >= 0.6 is 27.3 Å². The first-order valence-electron chi connectivity index (χ1n) is 11.3. The molecule has 1 fully saturated rings. The summed E-state index contributed by atoms with van der Waals surface area (Å²) in [6.45, 7) is 1.91. The fourth-order valence-corrected chi connectivity index (χ4v) is 4.90. The third-order valence-corrected chi connectivity index (χ3v) is 7.50. The molecular weight excluding hydrogens is 540 g/mol.